The van der Waals surface area contributed by atoms with Crippen molar-refractivity contribution in [1.29, 1.82) is 0 Å². The molecule has 3 aliphatic rings. The second kappa shape index (κ2) is 19.7. The number of anilines is 1. The number of carbonyl (C=O) groups excluding carboxylic acids is 7. The number of nitrogens with one attached hydrogen (secondary N) is 5. The molecule has 0 aliphatic carbocycles. The van der Waals surface area contributed by atoms with Gasteiger partial charge in [0.1, 0.15) is 11.8 Å². The Morgan fingerprint density at radius 1 is 0.859 bits per heavy atom. The van der Waals surface area contributed by atoms with Crippen molar-refractivity contribution in [2.45, 2.75) is 89.4 Å². The number of hydrogen-bond donors (Lipinski definition) is 5. The van der Waals surface area contributed by atoms with E-state index in [2.05, 4.69) is 31.5 Å². The first-order chi connectivity index (χ1) is 30.7. The molecule has 2 atom stereocenters. The summed E-state index contributed by atoms with van der Waals surface area (Å²) in [7, 11) is 3.93. The molecule has 4 heterocycles. The van der Waals surface area contributed by atoms with Crippen LogP contribution in [0.15, 0.2) is 72.8 Å². The number of ether oxygens (including phenoxy) is 1. The van der Waals surface area contributed by atoms with Gasteiger partial charge in [-0.15, -0.1) is 0 Å². The highest BCUT2D eigenvalue weighted by atomic mass is 16.5. The number of hydrogen-bond acceptors (Lipinski definition) is 10. The van der Waals surface area contributed by atoms with E-state index in [1.54, 1.807) is 41.3 Å². The summed E-state index contributed by atoms with van der Waals surface area (Å²) in [5, 5.41) is 18.6. The minimum Gasteiger partial charge on any atom is -0.493 e. The number of piperidine rings is 1. The van der Waals surface area contributed by atoms with E-state index in [9.17, 15) is 33.6 Å². The van der Waals surface area contributed by atoms with Gasteiger partial charge in [0.25, 0.3) is 23.6 Å². The first kappa shape index (κ1) is 45.2. The van der Waals surface area contributed by atoms with E-state index in [0.29, 0.717) is 42.4 Å². The molecule has 0 bridgehead atoms. The molecule has 1 aromatic heterocycles. The Hall–Kier alpha value is -6.88. The smallest absolute Gasteiger partial charge is 0.319 e. The average Bonchev–Trinajstić information content (AvgIpc) is 3.89. The second-order valence-corrected chi connectivity index (χ2v) is 17.1. The van der Waals surface area contributed by atoms with Gasteiger partial charge in [0, 0.05) is 36.2 Å². The topological polar surface area (TPSA) is 215 Å². The molecule has 7 rings (SSSR count). The first-order valence-corrected chi connectivity index (χ1v) is 21.8. The van der Waals surface area contributed by atoms with Crippen molar-refractivity contribution in [2.24, 2.45) is 0 Å². The number of nitrogens with zero attached hydrogens (tertiary/aromatic N) is 4. The Kier molecular flexibility index (Phi) is 13.9. The summed E-state index contributed by atoms with van der Waals surface area (Å²) in [6.07, 6.45) is 5.39. The number of carbonyl (C=O) groups is 7. The van der Waals surface area contributed by atoms with E-state index in [1.165, 1.54) is 6.07 Å². The standard InChI is InChI=1S/C47H55N9O8/c1-47(2)39-33(27-55(47)46(63)49-34(28-54(3)4)29-15-10-9-11-16-29)40(53-52-39)51-42(59)31-21-19-30(20-22-31)41(58)48-25-12-7-5-6-8-13-26-64-36-18-14-17-32-38(36)45(62)56(44(32)61)35-23-24-37(57)50-43(35)60/h9-11,14-22,34-35H,5-8,12-13,23-28H2,1-4H3,(H,48,58)(H,49,63)(H,50,57,60)(H2,51,52,53,59)/t34-,35?/m1/s1. The minimum atomic E-state index is -1.03. The van der Waals surface area contributed by atoms with Crippen molar-refractivity contribution in [3.63, 3.8) is 0 Å². The highest BCUT2D eigenvalue weighted by Crippen LogP contribution is 2.41. The summed E-state index contributed by atoms with van der Waals surface area (Å²) in [5.41, 5.74) is 2.88. The molecule has 4 aromatic rings. The van der Waals surface area contributed by atoms with Gasteiger partial charge < -0.3 is 30.5 Å². The third-order valence-electron chi connectivity index (χ3n) is 11.9. The number of benzene rings is 3. The SMILES string of the molecule is CN(C)C[C@@H](NC(=O)N1Cc2c(NC(=O)c3ccc(C(=O)NCCCCCCCCOc4cccc5c4C(=O)N(C4CCC(=O)NC4=O)C5=O)cc3)n[nH]c2C1(C)C)c1ccccc1. The van der Waals surface area contributed by atoms with Crippen LogP contribution in [0.2, 0.25) is 0 Å². The van der Waals surface area contributed by atoms with Crippen molar-refractivity contribution >= 4 is 47.3 Å². The maximum Gasteiger partial charge on any atom is 0.319 e. The lowest BCUT2D eigenvalue weighted by molar-refractivity contribution is -0.136. The molecule has 3 aromatic carbocycles. The van der Waals surface area contributed by atoms with Gasteiger partial charge in [-0.3, -0.25) is 44.1 Å². The zero-order valence-corrected chi connectivity index (χ0v) is 36.6. The number of rotatable bonds is 18. The minimum absolute atomic E-state index is 0.0512. The molecule has 336 valence electrons. The van der Waals surface area contributed by atoms with Crippen LogP contribution in [0.5, 0.6) is 5.75 Å². The lowest BCUT2D eigenvalue weighted by atomic mass is 10.0. The van der Waals surface area contributed by atoms with Crippen LogP contribution in [0, 0.1) is 0 Å². The van der Waals surface area contributed by atoms with E-state index in [4.69, 9.17) is 4.74 Å². The number of H-pyrrole nitrogens is 1. The molecule has 0 saturated carbocycles. The predicted molar refractivity (Wildman–Crippen MR) is 236 cm³/mol. The van der Waals surface area contributed by atoms with Crippen molar-refractivity contribution < 1.29 is 38.3 Å². The molecule has 0 radical (unpaired) electrons. The second-order valence-electron chi connectivity index (χ2n) is 17.1. The third-order valence-corrected chi connectivity index (χ3v) is 11.9. The average molecular weight is 874 g/mol. The van der Waals surface area contributed by atoms with Crippen molar-refractivity contribution in [2.75, 3.05) is 39.1 Å². The molecule has 5 N–H and O–H groups in total. The molecule has 1 unspecified atom stereocenters. The number of aromatic nitrogens is 2. The van der Waals surface area contributed by atoms with Gasteiger partial charge in [0.2, 0.25) is 11.8 Å². The third kappa shape index (κ3) is 9.84. The maximum atomic E-state index is 13.7. The van der Waals surface area contributed by atoms with Gasteiger partial charge in [-0.1, -0.05) is 62.1 Å². The summed E-state index contributed by atoms with van der Waals surface area (Å²) >= 11 is 0. The molecule has 64 heavy (non-hydrogen) atoms. The van der Waals surface area contributed by atoms with Gasteiger partial charge in [-0.05, 0) is 89.2 Å². The number of unbranched alkanes of at least 4 members (excludes halogenated alkanes) is 5. The molecule has 0 spiro atoms. The lowest BCUT2D eigenvalue weighted by Gasteiger charge is -2.34. The zero-order valence-electron chi connectivity index (χ0n) is 36.6. The van der Waals surface area contributed by atoms with Crippen LogP contribution < -0.4 is 26.0 Å². The van der Waals surface area contributed by atoms with Crippen molar-refractivity contribution in [3.8, 4) is 5.75 Å². The van der Waals surface area contributed by atoms with Gasteiger partial charge >= 0.3 is 6.03 Å². The van der Waals surface area contributed by atoms with Crippen LogP contribution in [0.1, 0.15) is 130 Å². The number of imide groups is 2. The van der Waals surface area contributed by atoms with Gasteiger partial charge in [-0.25, -0.2) is 4.79 Å². The number of fused-ring (bicyclic) bond motifs is 2. The Labute approximate surface area is 371 Å². The monoisotopic (exact) mass is 873 g/mol. The van der Waals surface area contributed by atoms with Crippen LogP contribution >= 0.6 is 0 Å². The molecular weight excluding hydrogens is 819 g/mol. The molecule has 17 nitrogen and oxygen atoms in total. The number of likely N-dealkylation sites (N-methyl/N-ethyl adjacent to an activating group) is 1. The zero-order chi connectivity index (χ0) is 45.5. The van der Waals surface area contributed by atoms with E-state index >= 15 is 0 Å². The Morgan fingerprint density at radius 2 is 1.55 bits per heavy atom. The molecular formula is C47H55N9O8. The molecule has 1 fully saturated rings. The molecule has 3 aliphatic heterocycles. The predicted octanol–water partition coefficient (Wildman–Crippen LogP) is 5.28. The molecule has 8 amide bonds. The fourth-order valence-electron chi connectivity index (χ4n) is 8.43. The quantitative estimate of drug-likeness (QED) is 0.0645. The fourth-order valence-corrected chi connectivity index (χ4v) is 8.43. The van der Waals surface area contributed by atoms with Crippen LogP contribution in [-0.4, -0.2) is 106 Å². The van der Waals surface area contributed by atoms with Crippen molar-refractivity contribution in [1.82, 2.24) is 40.8 Å². The summed E-state index contributed by atoms with van der Waals surface area (Å²) in [4.78, 5) is 94.9. The summed E-state index contributed by atoms with van der Waals surface area (Å²) in [6.45, 7) is 5.60. The normalized spacial score (nSPS) is 16.9. The number of urea groups is 1. The Morgan fingerprint density at radius 3 is 2.25 bits per heavy atom. The number of amides is 8. The molecule has 17 heteroatoms. The van der Waals surface area contributed by atoms with Crippen LogP contribution in [0.3, 0.4) is 0 Å². The van der Waals surface area contributed by atoms with Crippen LogP contribution in [0.25, 0.3) is 0 Å². The maximum absolute atomic E-state index is 13.7. The Balaban J connectivity index is 0.799. The summed E-state index contributed by atoms with van der Waals surface area (Å²) < 4.78 is 5.92. The van der Waals surface area contributed by atoms with E-state index in [0.717, 1.165) is 60.2 Å². The van der Waals surface area contributed by atoms with E-state index in [1.807, 2.05) is 63.2 Å². The highest BCUT2D eigenvalue weighted by Gasteiger charge is 2.47. The van der Waals surface area contributed by atoms with Gasteiger partial charge in [-0.2, -0.15) is 5.10 Å². The van der Waals surface area contributed by atoms with Crippen molar-refractivity contribution in [3.05, 3.63) is 112 Å². The fraction of sp³-hybridized carbons (Fsp3) is 0.404. The van der Waals surface area contributed by atoms with Crippen LogP contribution in [-0.2, 0) is 21.7 Å². The Bertz CT molecular complexity index is 2410. The molecule has 1 saturated heterocycles. The van der Waals surface area contributed by atoms with E-state index in [-0.39, 0.29) is 48.5 Å². The largest absolute Gasteiger partial charge is 0.493 e. The lowest BCUT2D eigenvalue weighted by Crippen LogP contribution is -2.54. The van der Waals surface area contributed by atoms with E-state index < -0.39 is 41.1 Å². The summed E-state index contributed by atoms with van der Waals surface area (Å²) in [6, 6.07) is 19.6. The van der Waals surface area contributed by atoms with Crippen LogP contribution in [0.4, 0.5) is 10.6 Å². The number of aromatic amines is 1. The van der Waals surface area contributed by atoms with Gasteiger partial charge in [0.05, 0.1) is 41.6 Å². The highest BCUT2D eigenvalue weighted by molar-refractivity contribution is 6.24. The first-order valence-electron chi connectivity index (χ1n) is 21.8. The van der Waals surface area contributed by atoms with Gasteiger partial charge in [0.15, 0.2) is 5.82 Å². The summed E-state index contributed by atoms with van der Waals surface area (Å²) in [5.74, 6) is -2.23.